The highest BCUT2D eigenvalue weighted by Crippen LogP contribution is 2.65. The molecule has 2 aliphatic rings. The predicted octanol–water partition coefficient (Wildman–Crippen LogP) is 1.76. The van der Waals surface area contributed by atoms with Gasteiger partial charge in [-0.25, -0.2) is 0 Å². The van der Waals surface area contributed by atoms with E-state index in [1.54, 1.807) is 13.8 Å². The lowest BCUT2D eigenvalue weighted by Crippen LogP contribution is -2.62. The molecule has 0 saturated heterocycles. The van der Waals surface area contributed by atoms with Gasteiger partial charge < -0.3 is 19.4 Å². The third-order valence-electron chi connectivity index (χ3n) is 6.07. The van der Waals surface area contributed by atoms with Gasteiger partial charge in [0.05, 0.1) is 16.9 Å². The number of esters is 1. The van der Waals surface area contributed by atoms with Crippen molar-refractivity contribution < 1.29 is 24.2 Å². The minimum absolute atomic E-state index is 0.272. The summed E-state index contributed by atoms with van der Waals surface area (Å²) < 4.78 is 5.39. The molecule has 0 heterocycles. The van der Waals surface area contributed by atoms with E-state index in [1.807, 2.05) is 13.8 Å². The molecule has 0 amide bonds. The van der Waals surface area contributed by atoms with Gasteiger partial charge in [-0.05, 0) is 24.2 Å². The molecule has 0 bridgehead atoms. The number of carbonyl (C=O) groups excluding carboxylic acids is 3. The van der Waals surface area contributed by atoms with Crippen LogP contribution in [0.15, 0.2) is 0 Å². The first kappa shape index (κ1) is 17.1. The Morgan fingerprint density at radius 3 is 2.32 bits per heavy atom. The minimum atomic E-state index is -1.39. The highest BCUT2D eigenvalue weighted by atomic mass is 16.5. The Balaban J connectivity index is 2.53. The average molecular weight is 310 g/mol. The number of rotatable bonds is 3. The Morgan fingerprint density at radius 1 is 1.27 bits per heavy atom. The third-order valence-corrected chi connectivity index (χ3v) is 6.07. The number of carbonyl (C=O) groups is 3. The predicted molar refractivity (Wildman–Crippen MR) is 79.9 cm³/mol. The molecular formula is C17H26O5. The topological polar surface area (TPSA) is 80.7 Å². The summed E-state index contributed by atoms with van der Waals surface area (Å²) in [5.41, 5.74) is -2.68. The van der Waals surface area contributed by atoms with Gasteiger partial charge in [0.25, 0.3) is 0 Å². The summed E-state index contributed by atoms with van der Waals surface area (Å²) >= 11 is 0. The van der Waals surface area contributed by atoms with E-state index < -0.39 is 23.0 Å². The zero-order chi connectivity index (χ0) is 16.9. The van der Waals surface area contributed by atoms with Gasteiger partial charge in [0, 0.05) is 12.8 Å². The van der Waals surface area contributed by atoms with Crippen molar-refractivity contribution in [1.29, 1.82) is 0 Å². The van der Waals surface area contributed by atoms with Crippen LogP contribution in [0, 0.1) is 28.6 Å². The Kier molecular flexibility index (Phi) is 4.01. The molecule has 0 aromatic heterocycles. The van der Waals surface area contributed by atoms with E-state index >= 15 is 0 Å². The van der Waals surface area contributed by atoms with E-state index in [2.05, 4.69) is 0 Å². The fraction of sp³-hybridized carbons (Fsp3) is 0.824. The minimum Gasteiger partial charge on any atom is -0.462 e. The second kappa shape index (κ2) is 5.15. The molecular weight excluding hydrogens is 284 g/mol. The molecule has 5 heteroatoms. The maximum Gasteiger partial charge on any atom is 0.302 e. The van der Waals surface area contributed by atoms with Crippen molar-refractivity contribution in [3.8, 4) is 0 Å². The maximum absolute atomic E-state index is 11.7. The lowest BCUT2D eigenvalue weighted by atomic mass is 9.56. The van der Waals surface area contributed by atoms with Crippen molar-refractivity contribution >= 4 is 18.5 Å². The Bertz CT molecular complexity index is 499. The van der Waals surface area contributed by atoms with Crippen LogP contribution in [0.3, 0.4) is 0 Å². The summed E-state index contributed by atoms with van der Waals surface area (Å²) in [6.45, 7) is 8.88. The van der Waals surface area contributed by atoms with Gasteiger partial charge in [-0.3, -0.25) is 4.79 Å². The van der Waals surface area contributed by atoms with Crippen LogP contribution in [0.25, 0.3) is 0 Å². The highest BCUT2D eigenvalue weighted by Gasteiger charge is 2.70. The molecule has 0 aliphatic heterocycles. The Morgan fingerprint density at radius 2 is 1.86 bits per heavy atom. The van der Waals surface area contributed by atoms with Crippen LogP contribution in [0.1, 0.15) is 47.5 Å². The standard InChI is InChI=1S/C17H26O5/c1-10-12(7-18)17(21)14(6-13(10)22-11(2)20)15(3,4)8-16(17,5)9-19/h7,9-10,12-14,21H,6,8H2,1-5H3. The molecule has 22 heavy (non-hydrogen) atoms. The summed E-state index contributed by atoms with van der Waals surface area (Å²) in [5, 5.41) is 11.4. The molecule has 5 nitrogen and oxygen atoms in total. The van der Waals surface area contributed by atoms with E-state index in [0.29, 0.717) is 12.8 Å². The van der Waals surface area contributed by atoms with Gasteiger partial charge in [0.15, 0.2) is 0 Å². The first-order valence-corrected chi connectivity index (χ1v) is 7.84. The fourth-order valence-corrected chi connectivity index (χ4v) is 5.13. The molecule has 0 aromatic rings. The van der Waals surface area contributed by atoms with Gasteiger partial charge in [-0.15, -0.1) is 0 Å². The maximum atomic E-state index is 11.7. The van der Waals surface area contributed by atoms with Gasteiger partial charge in [0.2, 0.25) is 0 Å². The molecule has 2 rings (SSSR count). The number of hydrogen-bond donors (Lipinski definition) is 1. The second-order valence-electron chi connectivity index (χ2n) is 7.98. The Hall–Kier alpha value is -1.23. The van der Waals surface area contributed by atoms with Crippen molar-refractivity contribution in [1.82, 2.24) is 0 Å². The zero-order valence-electron chi connectivity index (χ0n) is 14.0. The third kappa shape index (κ3) is 2.13. The van der Waals surface area contributed by atoms with Gasteiger partial charge in [0.1, 0.15) is 18.7 Å². The summed E-state index contributed by atoms with van der Waals surface area (Å²) in [7, 11) is 0. The van der Waals surface area contributed by atoms with Gasteiger partial charge in [-0.2, -0.15) is 0 Å². The van der Waals surface area contributed by atoms with Gasteiger partial charge in [-0.1, -0.05) is 27.7 Å². The molecule has 6 unspecified atom stereocenters. The SMILES string of the molecule is CC(=O)OC1CC2C(C)(C)CC(C)(C=O)C2(O)C(C=O)C1C. The number of fused-ring (bicyclic) bond motifs is 1. The van der Waals surface area contributed by atoms with Crippen LogP contribution in [-0.2, 0) is 19.1 Å². The number of hydrogen-bond acceptors (Lipinski definition) is 5. The molecule has 2 aliphatic carbocycles. The Labute approximate surface area is 131 Å². The van der Waals surface area contributed by atoms with E-state index in [4.69, 9.17) is 4.74 Å². The van der Waals surface area contributed by atoms with E-state index in [1.165, 1.54) is 6.92 Å². The first-order valence-electron chi connectivity index (χ1n) is 7.84. The molecule has 0 radical (unpaired) electrons. The number of ether oxygens (including phenoxy) is 1. The van der Waals surface area contributed by atoms with Crippen LogP contribution < -0.4 is 0 Å². The first-order chi connectivity index (χ1) is 10.0. The largest absolute Gasteiger partial charge is 0.462 e. The van der Waals surface area contributed by atoms with E-state index in [0.717, 1.165) is 12.6 Å². The van der Waals surface area contributed by atoms with Crippen LogP contribution in [0.4, 0.5) is 0 Å². The molecule has 124 valence electrons. The van der Waals surface area contributed by atoms with Crippen molar-refractivity contribution in [2.45, 2.75) is 59.2 Å². The van der Waals surface area contributed by atoms with E-state index in [-0.39, 0.29) is 23.2 Å². The monoisotopic (exact) mass is 310 g/mol. The van der Waals surface area contributed by atoms with Crippen LogP contribution in [-0.4, -0.2) is 35.4 Å². The molecule has 0 aromatic carbocycles. The van der Waals surface area contributed by atoms with Gasteiger partial charge >= 0.3 is 5.97 Å². The molecule has 0 spiro atoms. The molecule has 2 fully saturated rings. The molecule has 1 N–H and O–H groups in total. The van der Waals surface area contributed by atoms with Crippen molar-refractivity contribution in [2.75, 3.05) is 0 Å². The normalized spacial score (nSPS) is 46.6. The highest BCUT2D eigenvalue weighted by molar-refractivity contribution is 5.69. The fourth-order valence-electron chi connectivity index (χ4n) is 5.13. The summed E-state index contributed by atoms with van der Waals surface area (Å²) in [4.78, 5) is 34.8. The number of aldehydes is 2. The molecule has 6 atom stereocenters. The van der Waals surface area contributed by atoms with Crippen molar-refractivity contribution in [3.05, 3.63) is 0 Å². The summed E-state index contributed by atoms with van der Waals surface area (Å²) in [6, 6.07) is 0. The van der Waals surface area contributed by atoms with Crippen molar-refractivity contribution in [2.24, 2.45) is 28.6 Å². The van der Waals surface area contributed by atoms with Crippen molar-refractivity contribution in [3.63, 3.8) is 0 Å². The lowest BCUT2D eigenvalue weighted by Gasteiger charge is -2.52. The van der Waals surface area contributed by atoms with E-state index in [9.17, 15) is 19.5 Å². The second-order valence-corrected chi connectivity index (χ2v) is 7.98. The van der Waals surface area contributed by atoms with Crippen LogP contribution in [0.2, 0.25) is 0 Å². The number of aliphatic hydroxyl groups is 1. The summed E-state index contributed by atoms with van der Waals surface area (Å²) in [5.74, 6) is -1.71. The van der Waals surface area contributed by atoms with Crippen LogP contribution >= 0.6 is 0 Å². The van der Waals surface area contributed by atoms with Crippen LogP contribution in [0.5, 0.6) is 0 Å². The quantitative estimate of drug-likeness (QED) is 0.634. The lowest BCUT2D eigenvalue weighted by molar-refractivity contribution is -0.197. The zero-order valence-corrected chi connectivity index (χ0v) is 14.0. The smallest absolute Gasteiger partial charge is 0.302 e. The average Bonchev–Trinajstić information content (AvgIpc) is 2.55. The summed E-state index contributed by atoms with van der Waals surface area (Å²) in [6.07, 6.45) is 2.10. The molecule has 2 saturated carbocycles.